The minimum absolute atomic E-state index is 0.0986. The Morgan fingerprint density at radius 2 is 0.667 bits per heavy atom. The zero-order valence-electron chi connectivity index (χ0n) is 42.9. The monoisotopic (exact) mass is 917 g/mol. The molecule has 6 nitrogen and oxygen atoms in total. The number of ether oxygens (including phenoxy) is 3. The maximum Gasteiger partial charge on any atom is 0.306 e. The van der Waals surface area contributed by atoms with Crippen molar-refractivity contribution in [2.75, 3.05) is 13.2 Å². The third kappa shape index (κ3) is 51.3. The minimum Gasteiger partial charge on any atom is -0.462 e. The summed E-state index contributed by atoms with van der Waals surface area (Å²) >= 11 is 0. The number of hydrogen-bond donors (Lipinski definition) is 0. The number of carbonyl (C=O) groups excluding carboxylic acids is 3. The summed E-state index contributed by atoms with van der Waals surface area (Å²) in [7, 11) is 0. The van der Waals surface area contributed by atoms with E-state index in [4.69, 9.17) is 14.2 Å². The van der Waals surface area contributed by atoms with Crippen LogP contribution in [0.2, 0.25) is 0 Å². The number of allylic oxidation sites excluding steroid dienone is 16. The van der Waals surface area contributed by atoms with E-state index in [1.165, 1.54) is 89.9 Å². The van der Waals surface area contributed by atoms with E-state index in [1.807, 2.05) is 0 Å². The lowest BCUT2D eigenvalue weighted by atomic mass is 10.1. The molecule has 376 valence electrons. The van der Waals surface area contributed by atoms with E-state index >= 15 is 0 Å². The zero-order chi connectivity index (χ0) is 47.9. The van der Waals surface area contributed by atoms with Gasteiger partial charge in [-0.15, -0.1) is 0 Å². The molecule has 0 saturated carbocycles. The SMILES string of the molecule is CC\C=C/C=C\C=C/CCCCCCCC(=O)OCC(COC(=O)CCCCCCCCCCC/C=C\C/C=C\C/C=C\CC)OC(=O)CCCCC/C=C\C=C/CCCCCCCCC. The van der Waals surface area contributed by atoms with Gasteiger partial charge in [0.05, 0.1) is 0 Å². The predicted octanol–water partition coefficient (Wildman–Crippen LogP) is 18.1. The molecular formula is C60H100O6. The molecule has 6 heteroatoms. The van der Waals surface area contributed by atoms with Crippen molar-refractivity contribution < 1.29 is 28.6 Å². The average molecular weight is 917 g/mol. The van der Waals surface area contributed by atoms with E-state index in [0.717, 1.165) is 116 Å². The van der Waals surface area contributed by atoms with E-state index in [0.29, 0.717) is 12.8 Å². The zero-order valence-corrected chi connectivity index (χ0v) is 42.9. The van der Waals surface area contributed by atoms with Gasteiger partial charge in [-0.25, -0.2) is 0 Å². The van der Waals surface area contributed by atoms with Crippen LogP contribution >= 0.6 is 0 Å². The molecule has 1 atom stereocenters. The number of rotatable bonds is 48. The smallest absolute Gasteiger partial charge is 0.306 e. The summed E-state index contributed by atoms with van der Waals surface area (Å²) < 4.78 is 16.8. The molecule has 0 rings (SSSR count). The molecule has 0 heterocycles. The number of unbranched alkanes of at least 4 members (excludes halogenated alkanes) is 24. The summed E-state index contributed by atoms with van der Waals surface area (Å²) in [4.78, 5) is 38.1. The lowest BCUT2D eigenvalue weighted by molar-refractivity contribution is -0.167. The Kier molecular flexibility index (Phi) is 50.9. The number of carbonyl (C=O) groups is 3. The second-order valence-corrected chi connectivity index (χ2v) is 17.8. The van der Waals surface area contributed by atoms with Crippen LogP contribution in [0.4, 0.5) is 0 Å². The lowest BCUT2D eigenvalue weighted by Gasteiger charge is -2.18. The predicted molar refractivity (Wildman–Crippen MR) is 284 cm³/mol. The molecule has 0 aliphatic carbocycles. The van der Waals surface area contributed by atoms with Crippen molar-refractivity contribution in [1.82, 2.24) is 0 Å². The van der Waals surface area contributed by atoms with Crippen LogP contribution in [-0.2, 0) is 28.6 Å². The van der Waals surface area contributed by atoms with Crippen LogP contribution in [0.3, 0.4) is 0 Å². The van der Waals surface area contributed by atoms with Crippen LogP contribution < -0.4 is 0 Å². The third-order valence-corrected chi connectivity index (χ3v) is 11.4. The van der Waals surface area contributed by atoms with Gasteiger partial charge in [0.15, 0.2) is 6.10 Å². The summed E-state index contributed by atoms with van der Waals surface area (Å²) in [6.45, 7) is 6.35. The Morgan fingerprint density at radius 3 is 1.12 bits per heavy atom. The van der Waals surface area contributed by atoms with Crippen molar-refractivity contribution >= 4 is 17.9 Å². The summed E-state index contributed by atoms with van der Waals surface area (Å²) in [6.07, 6.45) is 71.1. The highest BCUT2D eigenvalue weighted by molar-refractivity contribution is 5.71. The molecule has 0 fully saturated rings. The third-order valence-electron chi connectivity index (χ3n) is 11.4. The molecule has 0 radical (unpaired) electrons. The molecule has 0 aromatic carbocycles. The van der Waals surface area contributed by atoms with E-state index in [1.54, 1.807) is 0 Å². The second kappa shape index (κ2) is 53.9. The van der Waals surface area contributed by atoms with Crippen LogP contribution in [0.25, 0.3) is 0 Å². The van der Waals surface area contributed by atoms with Gasteiger partial charge >= 0.3 is 17.9 Å². The van der Waals surface area contributed by atoms with E-state index in [-0.39, 0.29) is 37.5 Å². The van der Waals surface area contributed by atoms with Gasteiger partial charge < -0.3 is 14.2 Å². The number of esters is 3. The molecule has 0 amide bonds. The standard InChI is InChI=1S/C60H100O6/c1-4-7-10-13-16-19-22-25-27-29-30-31-33-35-38-41-44-47-50-53-59(62)65-56-57(55-64-58(61)52-49-46-43-40-37-34-24-21-18-15-12-9-6-3)66-60(63)54-51-48-45-42-39-36-32-28-26-23-20-17-14-11-8-5-2/h7,9-10,12,15-16,18-19,21,24-25,27-28,32,36,39,57H,4-6,8,11,13-14,17,20,22-23,26,29-31,33-35,37-38,40-56H2,1-3H3/b10-7-,12-9-,18-15-,19-16-,24-21-,27-25-,32-28-,39-36-. The molecule has 0 saturated heterocycles. The Balaban J connectivity index is 4.44. The molecule has 0 aromatic rings. The Morgan fingerprint density at radius 1 is 0.333 bits per heavy atom. The van der Waals surface area contributed by atoms with Crippen LogP contribution in [0.5, 0.6) is 0 Å². The number of hydrogen-bond acceptors (Lipinski definition) is 6. The van der Waals surface area contributed by atoms with Gasteiger partial charge in [0, 0.05) is 19.3 Å². The first-order chi connectivity index (χ1) is 32.5. The average Bonchev–Trinajstić information content (AvgIpc) is 3.31. The van der Waals surface area contributed by atoms with Crippen LogP contribution in [-0.4, -0.2) is 37.2 Å². The van der Waals surface area contributed by atoms with Crippen molar-refractivity contribution in [3.63, 3.8) is 0 Å². The highest BCUT2D eigenvalue weighted by atomic mass is 16.6. The van der Waals surface area contributed by atoms with Crippen LogP contribution in [0.15, 0.2) is 97.2 Å². The van der Waals surface area contributed by atoms with Crippen LogP contribution in [0, 0.1) is 0 Å². The highest BCUT2D eigenvalue weighted by Crippen LogP contribution is 2.14. The minimum atomic E-state index is -0.803. The molecule has 0 spiro atoms. The van der Waals surface area contributed by atoms with Crippen molar-refractivity contribution in [2.24, 2.45) is 0 Å². The molecular weight excluding hydrogens is 817 g/mol. The van der Waals surface area contributed by atoms with Gasteiger partial charge in [-0.1, -0.05) is 227 Å². The van der Waals surface area contributed by atoms with Gasteiger partial charge in [-0.3, -0.25) is 14.4 Å². The Labute approximate surface area is 407 Å². The van der Waals surface area contributed by atoms with Gasteiger partial charge in [0.2, 0.25) is 0 Å². The maximum atomic E-state index is 12.8. The Hall–Kier alpha value is -3.67. The van der Waals surface area contributed by atoms with Crippen LogP contribution in [0.1, 0.15) is 245 Å². The molecule has 0 aliphatic heterocycles. The summed E-state index contributed by atoms with van der Waals surface area (Å²) in [5.41, 5.74) is 0. The first-order valence-electron chi connectivity index (χ1n) is 27.3. The molecule has 0 N–H and O–H groups in total. The van der Waals surface area contributed by atoms with E-state index < -0.39 is 6.10 Å². The highest BCUT2D eigenvalue weighted by Gasteiger charge is 2.19. The van der Waals surface area contributed by atoms with Gasteiger partial charge in [-0.05, 0) is 96.3 Å². The second-order valence-electron chi connectivity index (χ2n) is 17.8. The summed E-state index contributed by atoms with van der Waals surface area (Å²) in [5.74, 6) is -0.952. The van der Waals surface area contributed by atoms with E-state index in [2.05, 4.69) is 118 Å². The topological polar surface area (TPSA) is 78.9 Å². The van der Waals surface area contributed by atoms with Crippen molar-refractivity contribution in [1.29, 1.82) is 0 Å². The molecule has 0 aromatic heterocycles. The largest absolute Gasteiger partial charge is 0.462 e. The summed E-state index contributed by atoms with van der Waals surface area (Å²) in [5, 5.41) is 0. The molecule has 0 aliphatic rings. The lowest BCUT2D eigenvalue weighted by Crippen LogP contribution is -2.30. The quantitative estimate of drug-likeness (QED) is 0.0199. The van der Waals surface area contributed by atoms with Gasteiger partial charge in [-0.2, -0.15) is 0 Å². The van der Waals surface area contributed by atoms with Gasteiger partial charge in [0.1, 0.15) is 13.2 Å². The van der Waals surface area contributed by atoms with Crippen molar-refractivity contribution in [3.05, 3.63) is 97.2 Å². The summed E-state index contributed by atoms with van der Waals surface area (Å²) in [6, 6.07) is 0. The van der Waals surface area contributed by atoms with Crippen molar-refractivity contribution in [2.45, 2.75) is 252 Å². The first-order valence-corrected chi connectivity index (χ1v) is 27.3. The first kappa shape index (κ1) is 62.3. The van der Waals surface area contributed by atoms with E-state index in [9.17, 15) is 14.4 Å². The fourth-order valence-corrected chi connectivity index (χ4v) is 7.33. The molecule has 66 heavy (non-hydrogen) atoms. The molecule has 1 unspecified atom stereocenters. The van der Waals surface area contributed by atoms with Crippen molar-refractivity contribution in [3.8, 4) is 0 Å². The normalized spacial score (nSPS) is 12.8. The Bertz CT molecular complexity index is 1330. The maximum absolute atomic E-state index is 12.8. The molecule has 0 bridgehead atoms. The van der Waals surface area contributed by atoms with Gasteiger partial charge in [0.25, 0.3) is 0 Å². The fraction of sp³-hybridized carbons (Fsp3) is 0.683. The fourth-order valence-electron chi connectivity index (χ4n) is 7.33.